The standard InChI is InChI=1S/C25H35ClFN5O2/c1-33-13-10-28-19-2-4-20(5-3-19)31-22-14-18(6-9-29-22)25-24(27)21(26)15-23(32-25)30-16-17-7-11-34-12-8-17/h6,9,14-15,17,19-20,28H,2-5,7-8,10-13,16H2,1H3,(H,29,31)(H,30,32)/t19-,20-. The van der Waals surface area contributed by atoms with Gasteiger partial charge in [-0.25, -0.2) is 14.4 Å². The SMILES string of the molecule is COCCN[C@H]1CC[C@H](Nc2cc(-c3nc(NCC4CCOCC4)cc(Cl)c3F)ccn2)CC1. The minimum Gasteiger partial charge on any atom is -0.383 e. The van der Waals surface area contributed by atoms with Crippen LogP contribution in [0.2, 0.25) is 5.02 Å². The van der Waals surface area contributed by atoms with E-state index in [0.717, 1.165) is 77.3 Å². The number of nitrogens with zero attached hydrogens (tertiary/aromatic N) is 2. The Kier molecular flexibility index (Phi) is 9.33. The molecular weight excluding hydrogens is 457 g/mol. The fourth-order valence-corrected chi connectivity index (χ4v) is 4.85. The van der Waals surface area contributed by atoms with Gasteiger partial charge in [0.05, 0.1) is 11.6 Å². The maximum Gasteiger partial charge on any atom is 0.168 e. The first-order valence-corrected chi connectivity index (χ1v) is 12.6. The van der Waals surface area contributed by atoms with Crippen molar-refractivity contribution in [2.24, 2.45) is 5.92 Å². The normalized spacial score (nSPS) is 21.4. The van der Waals surface area contributed by atoms with Crippen LogP contribution in [0.25, 0.3) is 11.3 Å². The van der Waals surface area contributed by atoms with Crippen LogP contribution in [0.5, 0.6) is 0 Å². The summed E-state index contributed by atoms with van der Waals surface area (Å²) in [4.78, 5) is 9.00. The Balaban J connectivity index is 1.38. The number of anilines is 2. The molecule has 2 aromatic rings. The molecule has 3 heterocycles. The second kappa shape index (κ2) is 12.6. The number of aromatic nitrogens is 2. The smallest absolute Gasteiger partial charge is 0.168 e. The van der Waals surface area contributed by atoms with E-state index in [-0.39, 0.29) is 10.7 Å². The zero-order valence-electron chi connectivity index (χ0n) is 19.8. The lowest BCUT2D eigenvalue weighted by Crippen LogP contribution is -2.38. The van der Waals surface area contributed by atoms with Gasteiger partial charge >= 0.3 is 0 Å². The third kappa shape index (κ3) is 7.01. The Morgan fingerprint density at radius 3 is 2.62 bits per heavy atom. The van der Waals surface area contributed by atoms with Crippen LogP contribution in [0.4, 0.5) is 16.0 Å². The third-order valence-electron chi connectivity index (χ3n) is 6.68. The Morgan fingerprint density at radius 1 is 1.09 bits per heavy atom. The van der Waals surface area contributed by atoms with Crippen LogP contribution < -0.4 is 16.0 Å². The van der Waals surface area contributed by atoms with Crippen LogP contribution in [-0.4, -0.2) is 62.1 Å². The molecule has 4 rings (SSSR count). The molecule has 0 unspecified atom stereocenters. The van der Waals surface area contributed by atoms with E-state index in [4.69, 9.17) is 21.1 Å². The van der Waals surface area contributed by atoms with Gasteiger partial charge in [0, 0.05) is 63.3 Å². The molecule has 0 radical (unpaired) electrons. The second-order valence-corrected chi connectivity index (χ2v) is 9.57. The number of pyridine rings is 2. The molecule has 186 valence electrons. The first-order chi connectivity index (χ1) is 16.6. The molecule has 1 aliphatic heterocycles. The van der Waals surface area contributed by atoms with E-state index in [9.17, 15) is 4.39 Å². The molecule has 34 heavy (non-hydrogen) atoms. The Labute approximate surface area is 206 Å². The monoisotopic (exact) mass is 491 g/mol. The van der Waals surface area contributed by atoms with Crippen LogP contribution in [0, 0.1) is 11.7 Å². The molecule has 0 bridgehead atoms. The predicted molar refractivity (Wildman–Crippen MR) is 134 cm³/mol. The minimum atomic E-state index is -0.516. The molecule has 2 aliphatic rings. The summed E-state index contributed by atoms with van der Waals surface area (Å²) >= 11 is 6.22. The molecule has 0 atom stereocenters. The lowest BCUT2D eigenvalue weighted by molar-refractivity contribution is 0.0699. The van der Waals surface area contributed by atoms with E-state index in [1.54, 1.807) is 25.4 Å². The second-order valence-electron chi connectivity index (χ2n) is 9.16. The van der Waals surface area contributed by atoms with Crippen molar-refractivity contribution < 1.29 is 13.9 Å². The van der Waals surface area contributed by atoms with E-state index in [0.29, 0.717) is 29.4 Å². The van der Waals surface area contributed by atoms with Crippen LogP contribution >= 0.6 is 11.6 Å². The number of ether oxygens (including phenoxy) is 2. The van der Waals surface area contributed by atoms with Gasteiger partial charge in [-0.1, -0.05) is 11.6 Å². The lowest BCUT2D eigenvalue weighted by atomic mass is 9.91. The molecule has 2 fully saturated rings. The van der Waals surface area contributed by atoms with Crippen LogP contribution in [0.1, 0.15) is 38.5 Å². The van der Waals surface area contributed by atoms with E-state index in [1.807, 2.05) is 6.07 Å². The van der Waals surface area contributed by atoms with Gasteiger partial charge < -0.3 is 25.4 Å². The summed E-state index contributed by atoms with van der Waals surface area (Å²) in [6, 6.07) is 6.05. The first-order valence-electron chi connectivity index (χ1n) is 12.3. The van der Waals surface area contributed by atoms with Gasteiger partial charge in [0.2, 0.25) is 0 Å². The minimum absolute atomic E-state index is 0.0603. The summed E-state index contributed by atoms with van der Waals surface area (Å²) in [5.41, 5.74) is 0.889. The highest BCUT2D eigenvalue weighted by atomic mass is 35.5. The quantitative estimate of drug-likeness (QED) is 0.414. The molecule has 2 aromatic heterocycles. The van der Waals surface area contributed by atoms with Crippen molar-refractivity contribution in [1.82, 2.24) is 15.3 Å². The number of halogens is 2. The average molecular weight is 492 g/mol. The molecule has 3 N–H and O–H groups in total. The maximum absolute atomic E-state index is 14.9. The van der Waals surface area contributed by atoms with Gasteiger partial charge in [-0.2, -0.15) is 0 Å². The van der Waals surface area contributed by atoms with Gasteiger partial charge in [0.1, 0.15) is 17.3 Å². The summed E-state index contributed by atoms with van der Waals surface area (Å²) in [5.74, 6) is 1.31. The van der Waals surface area contributed by atoms with E-state index < -0.39 is 5.82 Å². The van der Waals surface area contributed by atoms with Gasteiger partial charge in [-0.3, -0.25) is 0 Å². The third-order valence-corrected chi connectivity index (χ3v) is 6.95. The highest BCUT2D eigenvalue weighted by molar-refractivity contribution is 6.31. The van der Waals surface area contributed by atoms with Crippen molar-refractivity contribution in [3.8, 4) is 11.3 Å². The predicted octanol–water partition coefficient (Wildman–Crippen LogP) is 4.73. The Bertz CT molecular complexity index is 920. The molecule has 0 spiro atoms. The molecule has 7 nitrogen and oxygen atoms in total. The van der Waals surface area contributed by atoms with Crippen molar-refractivity contribution in [2.75, 3.05) is 50.7 Å². The van der Waals surface area contributed by atoms with Crippen molar-refractivity contribution in [3.63, 3.8) is 0 Å². The van der Waals surface area contributed by atoms with Crippen molar-refractivity contribution in [3.05, 3.63) is 35.2 Å². The fourth-order valence-electron chi connectivity index (χ4n) is 4.65. The summed E-state index contributed by atoms with van der Waals surface area (Å²) in [7, 11) is 1.72. The topological polar surface area (TPSA) is 80.3 Å². The molecule has 1 saturated carbocycles. The highest BCUT2D eigenvalue weighted by Crippen LogP contribution is 2.30. The highest BCUT2D eigenvalue weighted by Gasteiger charge is 2.22. The Hall–Kier alpha value is -2.00. The van der Waals surface area contributed by atoms with Gasteiger partial charge in [-0.15, -0.1) is 0 Å². The summed E-state index contributed by atoms with van der Waals surface area (Å²) in [5, 5.41) is 10.5. The van der Waals surface area contributed by atoms with Gasteiger partial charge in [0.25, 0.3) is 0 Å². The van der Waals surface area contributed by atoms with Crippen LogP contribution in [0.3, 0.4) is 0 Å². The van der Waals surface area contributed by atoms with E-state index >= 15 is 0 Å². The fraction of sp³-hybridized carbons (Fsp3) is 0.600. The molecule has 1 saturated heterocycles. The number of hydrogen-bond donors (Lipinski definition) is 3. The lowest BCUT2D eigenvalue weighted by Gasteiger charge is -2.30. The van der Waals surface area contributed by atoms with Gasteiger partial charge in [0.15, 0.2) is 5.82 Å². The zero-order valence-corrected chi connectivity index (χ0v) is 20.5. The summed E-state index contributed by atoms with van der Waals surface area (Å²) < 4.78 is 25.5. The number of methoxy groups -OCH3 is 1. The molecule has 0 aromatic carbocycles. The molecule has 0 amide bonds. The largest absolute Gasteiger partial charge is 0.383 e. The molecule has 9 heteroatoms. The van der Waals surface area contributed by atoms with Crippen molar-refractivity contribution in [2.45, 2.75) is 50.6 Å². The van der Waals surface area contributed by atoms with Crippen molar-refractivity contribution >= 4 is 23.2 Å². The zero-order chi connectivity index (χ0) is 23.8. The van der Waals surface area contributed by atoms with E-state index in [2.05, 4.69) is 25.9 Å². The maximum atomic E-state index is 14.9. The number of nitrogens with one attached hydrogen (secondary N) is 3. The Morgan fingerprint density at radius 2 is 1.85 bits per heavy atom. The molecule has 1 aliphatic carbocycles. The number of rotatable bonds is 10. The first kappa shape index (κ1) is 25.1. The van der Waals surface area contributed by atoms with Gasteiger partial charge in [-0.05, 0) is 56.6 Å². The number of hydrogen-bond acceptors (Lipinski definition) is 7. The van der Waals surface area contributed by atoms with Crippen molar-refractivity contribution in [1.29, 1.82) is 0 Å². The van der Waals surface area contributed by atoms with Crippen LogP contribution in [0.15, 0.2) is 24.4 Å². The summed E-state index contributed by atoms with van der Waals surface area (Å²) in [6.07, 6.45) is 8.04. The molecular formula is C25H35ClFN5O2. The van der Waals surface area contributed by atoms with Crippen LogP contribution in [-0.2, 0) is 9.47 Å². The average Bonchev–Trinajstić information content (AvgIpc) is 2.87. The van der Waals surface area contributed by atoms with E-state index in [1.165, 1.54) is 0 Å². The summed E-state index contributed by atoms with van der Waals surface area (Å²) in [6.45, 7) is 3.95.